The molecule has 1 aliphatic heterocycles. The van der Waals surface area contributed by atoms with Gasteiger partial charge < -0.3 is 25.0 Å². The number of amides is 3. The third-order valence-corrected chi connectivity index (χ3v) is 5.88. The van der Waals surface area contributed by atoms with Crippen LogP contribution in [0.15, 0.2) is 78.9 Å². The number of nitrogens with zero attached hydrogens (tertiary/aromatic N) is 1. The molecule has 0 saturated carbocycles. The predicted octanol–water partition coefficient (Wildman–Crippen LogP) is 5.21. The van der Waals surface area contributed by atoms with Crippen LogP contribution in [0.5, 0.6) is 11.5 Å². The number of carbonyl (C=O) groups is 3. The van der Waals surface area contributed by atoms with Crippen LogP contribution < -0.4 is 15.4 Å². The second kappa shape index (κ2) is 11.9. The van der Waals surface area contributed by atoms with Gasteiger partial charge in [0.2, 0.25) is 0 Å². The molecule has 2 N–H and O–H groups in total. The summed E-state index contributed by atoms with van der Waals surface area (Å²) in [6, 6.07) is 23.7. The summed E-state index contributed by atoms with van der Waals surface area (Å²) in [5.74, 6) is 0.196. The number of hydrogen-bond donors (Lipinski definition) is 2. The molecule has 0 spiro atoms. The van der Waals surface area contributed by atoms with E-state index in [1.807, 2.05) is 61.5 Å². The first-order valence-corrected chi connectivity index (χ1v) is 11.9. The minimum absolute atomic E-state index is 0.192. The van der Waals surface area contributed by atoms with Crippen molar-refractivity contribution in [2.24, 2.45) is 5.92 Å². The van der Waals surface area contributed by atoms with Crippen LogP contribution >= 0.6 is 0 Å². The number of aryl methyl sites for hydroxylation is 1. The van der Waals surface area contributed by atoms with Crippen LogP contribution in [-0.2, 0) is 14.3 Å². The number of esters is 1. The number of nitrogens with one attached hydrogen (secondary N) is 2. The molecular formula is C28H29N3O5. The number of piperidine rings is 1. The minimum atomic E-state index is -0.421. The Bertz CT molecular complexity index is 1170. The first-order chi connectivity index (χ1) is 17.5. The number of urea groups is 1. The van der Waals surface area contributed by atoms with Crippen molar-refractivity contribution in [1.82, 2.24) is 4.90 Å². The van der Waals surface area contributed by atoms with Gasteiger partial charge in [-0.15, -0.1) is 0 Å². The molecule has 8 heteroatoms. The zero-order valence-corrected chi connectivity index (χ0v) is 20.1. The molecule has 36 heavy (non-hydrogen) atoms. The number of para-hydroxylation sites is 1. The number of hydrogen-bond acceptors (Lipinski definition) is 5. The molecule has 0 bridgehead atoms. The van der Waals surface area contributed by atoms with Gasteiger partial charge in [-0.25, -0.2) is 4.79 Å². The van der Waals surface area contributed by atoms with E-state index in [2.05, 4.69) is 10.6 Å². The van der Waals surface area contributed by atoms with Crippen molar-refractivity contribution in [1.29, 1.82) is 0 Å². The molecule has 1 heterocycles. The maximum atomic E-state index is 12.4. The highest BCUT2D eigenvalue weighted by atomic mass is 16.5. The zero-order valence-electron chi connectivity index (χ0n) is 20.1. The average molecular weight is 488 g/mol. The summed E-state index contributed by atoms with van der Waals surface area (Å²) in [4.78, 5) is 38.7. The summed E-state index contributed by atoms with van der Waals surface area (Å²) in [5.41, 5.74) is 2.45. The predicted molar refractivity (Wildman–Crippen MR) is 137 cm³/mol. The van der Waals surface area contributed by atoms with E-state index >= 15 is 0 Å². The van der Waals surface area contributed by atoms with Gasteiger partial charge in [-0.3, -0.25) is 9.59 Å². The Morgan fingerprint density at radius 1 is 0.806 bits per heavy atom. The molecule has 0 atom stereocenters. The van der Waals surface area contributed by atoms with Crippen molar-refractivity contribution in [3.05, 3.63) is 84.4 Å². The second-order valence-corrected chi connectivity index (χ2v) is 8.65. The standard InChI is InChI=1S/C28H29N3O5/c1-20-7-11-24(12-8-20)36-25-13-9-23(10-14-25)29-26(32)19-35-27(33)21-15-17-31(18-16-21)28(34)30-22-5-3-2-4-6-22/h2-14,21H,15-19H2,1H3,(H,29,32)(H,30,34). The molecule has 186 valence electrons. The summed E-state index contributed by atoms with van der Waals surface area (Å²) < 4.78 is 11.0. The minimum Gasteiger partial charge on any atom is -0.457 e. The molecule has 1 fully saturated rings. The highest BCUT2D eigenvalue weighted by Gasteiger charge is 2.28. The summed E-state index contributed by atoms with van der Waals surface area (Å²) in [6.07, 6.45) is 0.982. The van der Waals surface area contributed by atoms with Crippen molar-refractivity contribution in [2.75, 3.05) is 30.3 Å². The van der Waals surface area contributed by atoms with Gasteiger partial charge in [0.05, 0.1) is 5.92 Å². The second-order valence-electron chi connectivity index (χ2n) is 8.65. The van der Waals surface area contributed by atoms with Crippen molar-refractivity contribution < 1.29 is 23.9 Å². The van der Waals surface area contributed by atoms with E-state index in [9.17, 15) is 14.4 Å². The Labute approximate surface area is 210 Å². The summed E-state index contributed by atoms with van der Waals surface area (Å²) in [5, 5.41) is 5.56. The Balaban J connectivity index is 1.16. The largest absolute Gasteiger partial charge is 0.457 e. The van der Waals surface area contributed by atoms with Crippen molar-refractivity contribution in [3.8, 4) is 11.5 Å². The lowest BCUT2D eigenvalue weighted by Gasteiger charge is -2.30. The van der Waals surface area contributed by atoms with E-state index < -0.39 is 11.9 Å². The Hall–Kier alpha value is -4.33. The van der Waals surface area contributed by atoms with E-state index in [1.165, 1.54) is 0 Å². The Morgan fingerprint density at radius 3 is 2.03 bits per heavy atom. The number of rotatable bonds is 7. The van der Waals surface area contributed by atoms with Crippen LogP contribution in [0.4, 0.5) is 16.2 Å². The van der Waals surface area contributed by atoms with E-state index in [4.69, 9.17) is 9.47 Å². The number of ether oxygens (including phenoxy) is 2. The molecule has 0 radical (unpaired) electrons. The van der Waals surface area contributed by atoms with Gasteiger partial charge in [0.1, 0.15) is 11.5 Å². The lowest BCUT2D eigenvalue weighted by atomic mass is 9.97. The lowest BCUT2D eigenvalue weighted by Crippen LogP contribution is -2.43. The molecule has 1 saturated heterocycles. The van der Waals surface area contributed by atoms with Crippen LogP contribution in [0.2, 0.25) is 0 Å². The van der Waals surface area contributed by atoms with Gasteiger partial charge in [0.25, 0.3) is 5.91 Å². The maximum Gasteiger partial charge on any atom is 0.321 e. The molecule has 1 aliphatic rings. The van der Waals surface area contributed by atoms with Crippen LogP contribution in [-0.4, -0.2) is 42.5 Å². The van der Waals surface area contributed by atoms with Gasteiger partial charge in [-0.05, 0) is 68.3 Å². The Morgan fingerprint density at radius 2 is 1.39 bits per heavy atom. The van der Waals surface area contributed by atoms with Gasteiger partial charge in [0.15, 0.2) is 6.61 Å². The van der Waals surface area contributed by atoms with Crippen LogP contribution in [0, 0.1) is 12.8 Å². The summed E-state index contributed by atoms with van der Waals surface area (Å²) in [7, 11) is 0. The van der Waals surface area contributed by atoms with Crippen LogP contribution in [0.3, 0.4) is 0 Å². The zero-order chi connectivity index (χ0) is 25.3. The first-order valence-electron chi connectivity index (χ1n) is 11.9. The fourth-order valence-corrected chi connectivity index (χ4v) is 3.84. The Kier molecular flexibility index (Phi) is 8.18. The quantitative estimate of drug-likeness (QED) is 0.446. The van der Waals surface area contributed by atoms with Crippen molar-refractivity contribution >= 4 is 29.3 Å². The molecule has 0 unspecified atom stereocenters. The molecule has 8 nitrogen and oxygen atoms in total. The third-order valence-electron chi connectivity index (χ3n) is 5.88. The third kappa shape index (κ3) is 7.09. The summed E-state index contributed by atoms with van der Waals surface area (Å²) in [6.45, 7) is 2.54. The molecule has 0 aromatic heterocycles. The number of benzene rings is 3. The maximum absolute atomic E-state index is 12.4. The normalized spacial score (nSPS) is 13.5. The highest BCUT2D eigenvalue weighted by molar-refractivity contribution is 5.93. The number of likely N-dealkylation sites (tertiary alicyclic amines) is 1. The topological polar surface area (TPSA) is 97.0 Å². The lowest BCUT2D eigenvalue weighted by molar-refractivity contribution is -0.152. The van der Waals surface area contributed by atoms with E-state index in [0.717, 1.165) is 17.0 Å². The molecule has 0 aliphatic carbocycles. The smallest absolute Gasteiger partial charge is 0.321 e. The molecular weight excluding hydrogens is 458 g/mol. The van der Waals surface area contributed by atoms with Gasteiger partial charge in [-0.2, -0.15) is 0 Å². The first kappa shape index (κ1) is 24.8. The molecule has 4 rings (SSSR count). The van der Waals surface area contributed by atoms with Crippen molar-refractivity contribution in [3.63, 3.8) is 0 Å². The van der Waals surface area contributed by atoms with E-state index in [-0.39, 0.29) is 18.6 Å². The monoisotopic (exact) mass is 487 g/mol. The van der Waals surface area contributed by atoms with E-state index in [0.29, 0.717) is 37.4 Å². The van der Waals surface area contributed by atoms with Gasteiger partial charge in [-0.1, -0.05) is 35.9 Å². The van der Waals surface area contributed by atoms with Crippen LogP contribution in [0.25, 0.3) is 0 Å². The van der Waals surface area contributed by atoms with Gasteiger partial charge in [0, 0.05) is 24.5 Å². The average Bonchev–Trinajstić information content (AvgIpc) is 2.90. The molecule has 3 amide bonds. The van der Waals surface area contributed by atoms with E-state index in [1.54, 1.807) is 29.2 Å². The van der Waals surface area contributed by atoms with Crippen LogP contribution in [0.1, 0.15) is 18.4 Å². The molecule has 3 aromatic rings. The SMILES string of the molecule is Cc1ccc(Oc2ccc(NC(=O)COC(=O)C3CCN(C(=O)Nc4ccccc4)CC3)cc2)cc1. The fraction of sp³-hybridized carbons (Fsp3) is 0.250. The highest BCUT2D eigenvalue weighted by Crippen LogP contribution is 2.23. The van der Waals surface area contributed by atoms with Gasteiger partial charge >= 0.3 is 12.0 Å². The summed E-state index contributed by atoms with van der Waals surface area (Å²) >= 11 is 0. The fourth-order valence-electron chi connectivity index (χ4n) is 3.84. The molecule has 3 aromatic carbocycles. The van der Waals surface area contributed by atoms with Crippen molar-refractivity contribution in [2.45, 2.75) is 19.8 Å². The number of anilines is 2. The number of carbonyl (C=O) groups excluding carboxylic acids is 3.